The molecule has 1 aromatic carbocycles. The number of hydrogen-bond donors (Lipinski definition) is 2. The van der Waals surface area contributed by atoms with E-state index < -0.39 is 5.69 Å². The fraction of sp³-hybridized carbons (Fsp3) is 0.500. The Hall–Kier alpha value is -2.41. The lowest BCUT2D eigenvalue weighted by Gasteiger charge is -2.40. The van der Waals surface area contributed by atoms with E-state index in [4.69, 9.17) is 4.74 Å². The summed E-state index contributed by atoms with van der Waals surface area (Å²) in [5.74, 6) is 0.140. The number of aromatic amines is 1. The minimum Gasteiger partial charge on any atom is -0.381 e. The Morgan fingerprint density at radius 1 is 1.22 bits per heavy atom. The Morgan fingerprint density at radius 3 is 2.67 bits per heavy atom. The second-order valence-corrected chi connectivity index (χ2v) is 8.10. The minimum atomic E-state index is -0.407. The molecule has 27 heavy (non-hydrogen) atoms. The van der Waals surface area contributed by atoms with Crippen LogP contribution in [-0.2, 0) is 11.2 Å². The number of benzene rings is 1. The Balaban J connectivity index is 1.77. The molecule has 4 rings (SSSR count). The molecule has 0 unspecified atom stereocenters. The number of hydrogen-bond acceptors (Lipinski definition) is 4. The van der Waals surface area contributed by atoms with E-state index in [-0.39, 0.29) is 28.9 Å². The Labute approximate surface area is 156 Å². The number of nitrogens with zero attached hydrogens (tertiary/aromatic N) is 1. The predicted octanol–water partition coefficient (Wildman–Crippen LogP) is 2.76. The zero-order chi connectivity index (χ0) is 19.2. The van der Waals surface area contributed by atoms with Gasteiger partial charge in [0.2, 0.25) is 0 Å². The molecule has 2 aromatic rings. The van der Waals surface area contributed by atoms with Gasteiger partial charge in [-0.05, 0) is 42.4 Å². The van der Waals surface area contributed by atoms with E-state index in [1.54, 1.807) is 6.07 Å². The molecule has 1 saturated heterocycles. The van der Waals surface area contributed by atoms with E-state index in [2.05, 4.69) is 10.3 Å². The topological polar surface area (TPSA) is 76.1 Å². The molecule has 0 spiro atoms. The zero-order valence-electron chi connectivity index (χ0n) is 15.5. The third-order valence-electron chi connectivity index (χ3n) is 5.67. The van der Waals surface area contributed by atoms with Gasteiger partial charge in [-0.2, -0.15) is 0 Å². The molecule has 1 fully saturated rings. The van der Waals surface area contributed by atoms with Crippen molar-refractivity contribution in [3.63, 3.8) is 0 Å². The summed E-state index contributed by atoms with van der Waals surface area (Å²) in [4.78, 5) is 28.6. The van der Waals surface area contributed by atoms with Crippen molar-refractivity contribution < 1.29 is 9.13 Å². The Kier molecular flexibility index (Phi) is 4.42. The number of halogens is 1. The molecule has 0 aliphatic carbocycles. The third kappa shape index (κ3) is 3.20. The molecule has 2 N–H and O–H groups in total. The normalized spacial score (nSPS) is 22.1. The van der Waals surface area contributed by atoms with E-state index >= 15 is 0 Å². The molecule has 0 amide bonds. The summed E-state index contributed by atoms with van der Waals surface area (Å²) in [7, 11) is 0. The maximum absolute atomic E-state index is 13.7. The average molecular weight is 373 g/mol. The van der Waals surface area contributed by atoms with Crippen molar-refractivity contribution in [2.75, 3.05) is 18.5 Å². The fourth-order valence-corrected chi connectivity index (χ4v) is 4.27. The van der Waals surface area contributed by atoms with Gasteiger partial charge in [0.1, 0.15) is 11.6 Å². The summed E-state index contributed by atoms with van der Waals surface area (Å²) < 4.78 is 20.4. The van der Waals surface area contributed by atoms with Gasteiger partial charge < -0.3 is 10.1 Å². The number of nitrogens with one attached hydrogen (secondary N) is 2. The number of rotatable bonds is 2. The van der Waals surface area contributed by atoms with Crippen molar-refractivity contribution in [3.8, 4) is 0 Å². The molecule has 0 radical (unpaired) electrons. The lowest BCUT2D eigenvalue weighted by molar-refractivity contribution is 0.0672. The first-order valence-electron chi connectivity index (χ1n) is 9.34. The van der Waals surface area contributed by atoms with Crippen LogP contribution in [0.5, 0.6) is 0 Å². The monoisotopic (exact) mass is 373 g/mol. The summed E-state index contributed by atoms with van der Waals surface area (Å²) in [6.07, 6.45) is 1.81. The number of aromatic nitrogens is 2. The standard InChI is InChI=1S/C20H24FN3O3/c1-20(2)11-15-17(22-16(20)12-4-3-5-13(21)10-12)23-19(26)24(18(15)25)14-6-8-27-9-7-14/h3-5,10,14,16,22H,6-9,11H2,1-2H3,(H,23,26)/t16-/m0/s1. The highest BCUT2D eigenvalue weighted by Gasteiger charge is 2.38. The van der Waals surface area contributed by atoms with Gasteiger partial charge in [-0.25, -0.2) is 9.18 Å². The van der Waals surface area contributed by atoms with Crippen LogP contribution in [0.25, 0.3) is 0 Å². The fourth-order valence-electron chi connectivity index (χ4n) is 4.27. The van der Waals surface area contributed by atoms with E-state index in [1.165, 1.54) is 16.7 Å². The molecule has 1 atom stereocenters. The first-order valence-corrected chi connectivity index (χ1v) is 9.34. The number of anilines is 1. The molecule has 1 aromatic heterocycles. The molecule has 2 aliphatic heterocycles. The Bertz CT molecular complexity index is 973. The second-order valence-electron chi connectivity index (χ2n) is 8.10. The van der Waals surface area contributed by atoms with Gasteiger partial charge in [-0.1, -0.05) is 26.0 Å². The van der Waals surface area contributed by atoms with Crippen LogP contribution >= 0.6 is 0 Å². The molecule has 144 valence electrons. The molecule has 0 saturated carbocycles. The first kappa shape index (κ1) is 18.0. The van der Waals surface area contributed by atoms with E-state index in [9.17, 15) is 14.0 Å². The quantitative estimate of drug-likeness (QED) is 0.849. The van der Waals surface area contributed by atoms with Crippen LogP contribution in [0.2, 0.25) is 0 Å². The van der Waals surface area contributed by atoms with Gasteiger partial charge in [0.05, 0.1) is 11.6 Å². The van der Waals surface area contributed by atoms with E-state index in [0.29, 0.717) is 43.9 Å². The molecule has 2 aliphatic rings. The van der Waals surface area contributed by atoms with Gasteiger partial charge in [0.25, 0.3) is 5.56 Å². The lowest BCUT2D eigenvalue weighted by Crippen LogP contribution is -2.46. The summed E-state index contributed by atoms with van der Waals surface area (Å²) in [5, 5.41) is 3.28. The van der Waals surface area contributed by atoms with Crippen molar-refractivity contribution >= 4 is 5.82 Å². The van der Waals surface area contributed by atoms with Crippen LogP contribution in [0.3, 0.4) is 0 Å². The maximum atomic E-state index is 13.7. The highest BCUT2D eigenvalue weighted by atomic mass is 19.1. The third-order valence-corrected chi connectivity index (χ3v) is 5.67. The van der Waals surface area contributed by atoms with E-state index in [0.717, 1.165) is 5.56 Å². The lowest BCUT2D eigenvalue weighted by atomic mass is 9.74. The maximum Gasteiger partial charge on any atom is 0.330 e. The largest absolute Gasteiger partial charge is 0.381 e. The molecule has 0 bridgehead atoms. The van der Waals surface area contributed by atoms with Crippen molar-refractivity contribution in [1.29, 1.82) is 0 Å². The molecular weight excluding hydrogens is 349 g/mol. The molecule has 6 nitrogen and oxygen atoms in total. The first-order chi connectivity index (χ1) is 12.9. The van der Waals surface area contributed by atoms with Crippen LogP contribution in [0.15, 0.2) is 33.9 Å². The van der Waals surface area contributed by atoms with Gasteiger partial charge in [0, 0.05) is 19.3 Å². The SMILES string of the molecule is CC1(C)Cc2c([nH]c(=O)n(C3CCOCC3)c2=O)N[C@H]1c1cccc(F)c1. The minimum absolute atomic E-state index is 0.135. The van der Waals surface area contributed by atoms with Gasteiger partial charge in [-0.15, -0.1) is 0 Å². The van der Waals surface area contributed by atoms with Crippen LogP contribution in [0.4, 0.5) is 10.2 Å². The second kappa shape index (κ2) is 6.64. The van der Waals surface area contributed by atoms with Crippen molar-refractivity contribution in [2.45, 2.75) is 45.2 Å². The highest BCUT2D eigenvalue weighted by Crippen LogP contribution is 2.43. The van der Waals surface area contributed by atoms with Crippen LogP contribution in [0, 0.1) is 11.2 Å². The van der Waals surface area contributed by atoms with Crippen molar-refractivity contribution in [1.82, 2.24) is 9.55 Å². The van der Waals surface area contributed by atoms with Crippen LogP contribution < -0.4 is 16.6 Å². The number of H-pyrrole nitrogens is 1. The summed E-state index contributed by atoms with van der Waals surface area (Å²) in [6, 6.07) is 6.07. The van der Waals surface area contributed by atoms with Crippen molar-refractivity contribution in [2.24, 2.45) is 5.41 Å². The summed E-state index contributed by atoms with van der Waals surface area (Å²) in [6.45, 7) is 5.20. The number of ether oxygens (including phenoxy) is 1. The number of fused-ring (bicyclic) bond motifs is 1. The van der Waals surface area contributed by atoms with Gasteiger partial charge >= 0.3 is 5.69 Å². The van der Waals surface area contributed by atoms with E-state index in [1.807, 2.05) is 19.9 Å². The highest BCUT2D eigenvalue weighted by molar-refractivity contribution is 5.49. The predicted molar refractivity (Wildman–Crippen MR) is 101 cm³/mol. The molecular formula is C20H24FN3O3. The summed E-state index contributed by atoms with van der Waals surface area (Å²) >= 11 is 0. The molecule has 7 heteroatoms. The van der Waals surface area contributed by atoms with Crippen molar-refractivity contribution in [3.05, 3.63) is 62.0 Å². The van der Waals surface area contributed by atoms with Gasteiger partial charge in [0.15, 0.2) is 0 Å². The Morgan fingerprint density at radius 2 is 1.96 bits per heavy atom. The van der Waals surface area contributed by atoms with Crippen LogP contribution in [-0.4, -0.2) is 22.8 Å². The van der Waals surface area contributed by atoms with Crippen LogP contribution in [0.1, 0.15) is 49.9 Å². The molecule has 3 heterocycles. The average Bonchev–Trinajstić information content (AvgIpc) is 2.63. The zero-order valence-corrected chi connectivity index (χ0v) is 15.5. The smallest absolute Gasteiger partial charge is 0.330 e. The summed E-state index contributed by atoms with van der Waals surface area (Å²) in [5.41, 5.74) is 0.403. The van der Waals surface area contributed by atoms with Gasteiger partial charge in [-0.3, -0.25) is 14.3 Å².